The highest BCUT2D eigenvalue weighted by atomic mass is 31.2. The summed E-state index contributed by atoms with van der Waals surface area (Å²) in [6.45, 7) is 1.25. The van der Waals surface area contributed by atoms with Crippen LogP contribution in [0.25, 0.3) is 0 Å². The van der Waals surface area contributed by atoms with Gasteiger partial charge in [0.15, 0.2) is 0 Å². The van der Waals surface area contributed by atoms with E-state index < -0.39 is 26.5 Å². The predicted molar refractivity (Wildman–Crippen MR) is 103 cm³/mol. The molecule has 8 heteroatoms. The highest BCUT2D eigenvalue weighted by molar-refractivity contribution is 7.44. The van der Waals surface area contributed by atoms with Crippen LogP contribution in [0.5, 0.6) is 0 Å². The van der Waals surface area contributed by atoms with E-state index in [1.165, 1.54) is 64.2 Å². The van der Waals surface area contributed by atoms with Crippen molar-refractivity contribution in [1.29, 1.82) is 0 Å². The minimum Gasteiger partial charge on any atom is -0.756 e. The number of aliphatic hydroxyl groups is 1. The number of esters is 1. The number of rotatable bonds is 19. The molecule has 0 rings (SSSR count). The molecule has 2 N–H and O–H groups in total. The van der Waals surface area contributed by atoms with Gasteiger partial charge in [0.1, 0.15) is 12.7 Å². The van der Waals surface area contributed by atoms with Gasteiger partial charge in [-0.2, -0.15) is 0 Å². The summed E-state index contributed by atoms with van der Waals surface area (Å²) in [7, 11) is -4.86. The van der Waals surface area contributed by atoms with Crippen LogP contribution in [0.15, 0.2) is 0 Å². The molecule has 162 valence electrons. The minimum absolute atomic E-state index is 0.283. The van der Waals surface area contributed by atoms with Gasteiger partial charge in [-0.15, -0.1) is 0 Å². The third-order valence-corrected chi connectivity index (χ3v) is 4.83. The van der Waals surface area contributed by atoms with E-state index in [1.54, 1.807) is 0 Å². The summed E-state index contributed by atoms with van der Waals surface area (Å²) in [5.74, 6) is -0.425. The zero-order chi connectivity index (χ0) is 20.4. The van der Waals surface area contributed by atoms with E-state index in [4.69, 9.17) is 9.63 Å². The first-order valence-electron chi connectivity index (χ1n) is 10.4. The second-order valence-corrected chi connectivity index (χ2v) is 8.29. The SMILES string of the molecule is CCCCCCCCCCCCCCCC(=O)OC[C@@H](O)COP(=O)([O-])O. The van der Waals surface area contributed by atoms with E-state index in [-0.39, 0.29) is 13.0 Å². The van der Waals surface area contributed by atoms with Crippen molar-refractivity contribution in [3.63, 3.8) is 0 Å². The second kappa shape index (κ2) is 17.6. The zero-order valence-corrected chi connectivity index (χ0v) is 17.7. The molecule has 0 heterocycles. The van der Waals surface area contributed by atoms with E-state index in [1.807, 2.05) is 0 Å². The lowest BCUT2D eigenvalue weighted by molar-refractivity contribution is -0.222. The van der Waals surface area contributed by atoms with Crippen molar-refractivity contribution < 1.29 is 33.5 Å². The monoisotopic (exact) mass is 409 g/mol. The molecule has 0 amide bonds. The molecule has 1 unspecified atom stereocenters. The summed E-state index contributed by atoms with van der Waals surface area (Å²) in [6.07, 6.45) is 15.0. The molecule has 0 spiro atoms. The summed E-state index contributed by atoms with van der Waals surface area (Å²) in [5, 5.41) is 9.37. The Hall–Kier alpha value is -0.460. The summed E-state index contributed by atoms with van der Waals surface area (Å²) >= 11 is 0. The Morgan fingerprint density at radius 2 is 1.33 bits per heavy atom. The number of ether oxygens (including phenoxy) is 1. The fraction of sp³-hybridized carbons (Fsp3) is 0.947. The first-order valence-corrected chi connectivity index (χ1v) is 11.9. The molecule has 0 bridgehead atoms. The van der Waals surface area contributed by atoms with Gasteiger partial charge in [-0.1, -0.05) is 84.0 Å². The number of hydrogen-bond acceptors (Lipinski definition) is 6. The van der Waals surface area contributed by atoms with Crippen molar-refractivity contribution in [3.05, 3.63) is 0 Å². The number of carbonyl (C=O) groups excluding carboxylic acids is 1. The summed E-state index contributed by atoms with van der Waals surface area (Å²) in [6, 6.07) is 0. The van der Waals surface area contributed by atoms with Gasteiger partial charge < -0.3 is 24.2 Å². The van der Waals surface area contributed by atoms with Gasteiger partial charge >= 0.3 is 5.97 Å². The number of carbonyl (C=O) groups is 1. The van der Waals surface area contributed by atoms with Crippen molar-refractivity contribution in [2.45, 2.75) is 103 Å². The molecular formula is C19H38O7P-. The van der Waals surface area contributed by atoms with Crippen molar-refractivity contribution in [1.82, 2.24) is 0 Å². The van der Waals surface area contributed by atoms with Crippen LogP contribution in [0, 0.1) is 0 Å². The third-order valence-electron chi connectivity index (χ3n) is 4.35. The van der Waals surface area contributed by atoms with E-state index in [9.17, 15) is 19.4 Å². The molecule has 7 nitrogen and oxygen atoms in total. The molecular weight excluding hydrogens is 371 g/mol. The average Bonchev–Trinajstić information content (AvgIpc) is 2.61. The predicted octanol–water partition coefficient (Wildman–Crippen LogP) is 3.85. The highest BCUT2D eigenvalue weighted by Crippen LogP contribution is 2.30. The van der Waals surface area contributed by atoms with E-state index in [0.717, 1.165) is 19.3 Å². The quantitative estimate of drug-likeness (QED) is 0.189. The Labute approximate surface area is 164 Å². The number of hydrogen-bond donors (Lipinski definition) is 2. The van der Waals surface area contributed by atoms with Crippen LogP contribution in [0.4, 0.5) is 0 Å². The molecule has 0 aliphatic rings. The number of phosphoric ester groups is 1. The van der Waals surface area contributed by atoms with Crippen LogP contribution in [0.1, 0.15) is 96.8 Å². The Morgan fingerprint density at radius 3 is 1.78 bits per heavy atom. The van der Waals surface area contributed by atoms with Crippen LogP contribution in [0.3, 0.4) is 0 Å². The van der Waals surface area contributed by atoms with Crippen LogP contribution >= 0.6 is 7.82 Å². The fourth-order valence-electron chi connectivity index (χ4n) is 2.78. The summed E-state index contributed by atoms with van der Waals surface area (Å²) in [4.78, 5) is 30.3. The van der Waals surface area contributed by atoms with Crippen LogP contribution in [0.2, 0.25) is 0 Å². The van der Waals surface area contributed by atoms with Crippen LogP contribution in [-0.4, -0.2) is 35.3 Å². The van der Waals surface area contributed by atoms with Gasteiger partial charge in [-0.25, -0.2) is 0 Å². The lowest BCUT2D eigenvalue weighted by Crippen LogP contribution is -2.24. The summed E-state index contributed by atoms with van der Waals surface area (Å²) in [5.41, 5.74) is 0. The molecule has 0 aliphatic carbocycles. The fourth-order valence-corrected chi connectivity index (χ4v) is 3.14. The molecule has 0 aromatic rings. The Kier molecular flexibility index (Phi) is 17.3. The highest BCUT2D eigenvalue weighted by Gasteiger charge is 2.12. The van der Waals surface area contributed by atoms with Crippen LogP contribution < -0.4 is 4.89 Å². The average molecular weight is 409 g/mol. The van der Waals surface area contributed by atoms with Gasteiger partial charge in [0, 0.05) is 6.42 Å². The Morgan fingerprint density at radius 1 is 0.889 bits per heavy atom. The topological polar surface area (TPSA) is 116 Å². The van der Waals surface area contributed by atoms with Gasteiger partial charge in [0.2, 0.25) is 0 Å². The first-order chi connectivity index (χ1) is 12.8. The molecule has 27 heavy (non-hydrogen) atoms. The lowest BCUT2D eigenvalue weighted by atomic mass is 10.0. The largest absolute Gasteiger partial charge is 0.756 e. The molecule has 0 fully saturated rings. The molecule has 0 aromatic carbocycles. The molecule has 2 atom stereocenters. The van der Waals surface area contributed by atoms with Gasteiger partial charge in [0.05, 0.1) is 6.61 Å². The third kappa shape index (κ3) is 21.7. The normalized spacial score (nSPS) is 14.7. The zero-order valence-electron chi connectivity index (χ0n) is 16.8. The van der Waals surface area contributed by atoms with Crippen molar-refractivity contribution in [2.75, 3.05) is 13.2 Å². The molecule has 0 aliphatic heterocycles. The maximum Gasteiger partial charge on any atom is 0.305 e. The Bertz CT molecular complexity index is 398. The Balaban J connectivity index is 3.33. The van der Waals surface area contributed by atoms with E-state index >= 15 is 0 Å². The van der Waals surface area contributed by atoms with Crippen molar-refractivity contribution >= 4 is 13.8 Å². The number of phosphoric acid groups is 1. The lowest BCUT2D eigenvalue weighted by Gasteiger charge is -2.18. The number of unbranched alkanes of at least 4 members (excludes halogenated alkanes) is 12. The molecule has 0 aromatic heterocycles. The molecule has 0 saturated heterocycles. The molecule has 0 saturated carbocycles. The van der Waals surface area contributed by atoms with E-state index in [2.05, 4.69) is 11.4 Å². The maximum absolute atomic E-state index is 11.5. The van der Waals surface area contributed by atoms with Gasteiger partial charge in [-0.3, -0.25) is 9.36 Å². The minimum atomic E-state index is -4.86. The standard InChI is InChI=1S/C19H39O7P/c1-2-3-4-5-6-7-8-9-10-11-12-13-14-15-19(21)25-16-18(20)17-26-27(22,23)24/h18,20H,2-17H2,1H3,(H2,22,23,24)/p-1/t18-/m1/s1. The summed E-state index contributed by atoms with van der Waals surface area (Å²) < 4.78 is 19.2. The van der Waals surface area contributed by atoms with Crippen molar-refractivity contribution in [2.24, 2.45) is 0 Å². The van der Waals surface area contributed by atoms with Gasteiger partial charge in [0.25, 0.3) is 7.82 Å². The maximum atomic E-state index is 11.5. The first kappa shape index (κ1) is 26.5. The number of aliphatic hydroxyl groups excluding tert-OH is 1. The van der Waals surface area contributed by atoms with Gasteiger partial charge in [-0.05, 0) is 6.42 Å². The second-order valence-electron chi connectivity index (χ2n) is 7.09. The van der Waals surface area contributed by atoms with Crippen molar-refractivity contribution in [3.8, 4) is 0 Å². The smallest absolute Gasteiger partial charge is 0.305 e. The molecule has 0 radical (unpaired) electrons. The van der Waals surface area contributed by atoms with Crippen LogP contribution in [-0.2, 0) is 18.6 Å². The van der Waals surface area contributed by atoms with E-state index in [0.29, 0.717) is 0 Å².